The second kappa shape index (κ2) is 7.25. The van der Waals surface area contributed by atoms with Crippen LogP contribution in [0.25, 0.3) is 0 Å². The molecule has 2 N–H and O–H groups in total. The van der Waals surface area contributed by atoms with Gasteiger partial charge >= 0.3 is 0 Å². The molecule has 0 aromatic carbocycles. The summed E-state index contributed by atoms with van der Waals surface area (Å²) in [6, 6.07) is 0.0689. The van der Waals surface area contributed by atoms with E-state index in [1.165, 1.54) is 19.3 Å². The molecule has 3 atom stereocenters. The first-order valence-corrected chi connectivity index (χ1v) is 7.81. The van der Waals surface area contributed by atoms with Crippen molar-refractivity contribution in [2.75, 3.05) is 19.7 Å². The molecule has 2 aliphatic rings. The fraction of sp³-hybridized carbons (Fsp3) is 0.933. The first kappa shape index (κ1) is 14.8. The van der Waals surface area contributed by atoms with Crippen LogP contribution in [0.4, 0.5) is 0 Å². The van der Waals surface area contributed by atoms with Crippen molar-refractivity contribution in [2.45, 2.75) is 58.1 Å². The summed E-state index contributed by atoms with van der Waals surface area (Å²) in [5.74, 6) is 1.54. The van der Waals surface area contributed by atoms with Crippen LogP contribution in [-0.2, 0) is 9.53 Å². The summed E-state index contributed by atoms with van der Waals surface area (Å²) in [6.07, 6.45) is 6.14. The molecule has 0 spiro atoms. The lowest BCUT2D eigenvalue weighted by molar-refractivity contribution is -0.123. The van der Waals surface area contributed by atoms with Crippen molar-refractivity contribution in [3.63, 3.8) is 0 Å². The number of ether oxygens (including phenoxy) is 1. The lowest BCUT2D eigenvalue weighted by Crippen LogP contribution is -2.44. The van der Waals surface area contributed by atoms with E-state index in [0.717, 1.165) is 38.5 Å². The maximum absolute atomic E-state index is 12.1. The van der Waals surface area contributed by atoms with Crippen LogP contribution in [0.15, 0.2) is 0 Å². The predicted molar refractivity (Wildman–Crippen MR) is 76.0 cm³/mol. The molecule has 1 saturated carbocycles. The quantitative estimate of drug-likeness (QED) is 0.691. The van der Waals surface area contributed by atoms with E-state index < -0.39 is 0 Å². The molecule has 19 heavy (non-hydrogen) atoms. The van der Waals surface area contributed by atoms with Crippen LogP contribution in [-0.4, -0.2) is 37.7 Å². The highest BCUT2D eigenvalue weighted by atomic mass is 16.5. The molecule has 0 radical (unpaired) electrons. The summed E-state index contributed by atoms with van der Waals surface area (Å²) in [5, 5.41) is 6.46. The number of rotatable bonds is 7. The van der Waals surface area contributed by atoms with Crippen LogP contribution in [0.2, 0.25) is 0 Å². The van der Waals surface area contributed by atoms with E-state index in [1.54, 1.807) is 0 Å². The standard InChI is InChI=1S/C15H28N2O2/c1-11(2)19-9-4-3-8-16-15(18)14-13-7-5-6-12(13)10-17-14/h11-14,17H,3-10H2,1-2H3,(H,16,18). The van der Waals surface area contributed by atoms with Crippen molar-refractivity contribution in [1.82, 2.24) is 10.6 Å². The number of carbonyl (C=O) groups excluding carboxylic acids is 1. The normalized spacial score (nSPS) is 29.7. The van der Waals surface area contributed by atoms with Gasteiger partial charge in [-0.3, -0.25) is 4.79 Å². The van der Waals surface area contributed by atoms with Gasteiger partial charge in [0, 0.05) is 13.2 Å². The van der Waals surface area contributed by atoms with E-state index in [2.05, 4.69) is 10.6 Å². The molecular formula is C15H28N2O2. The van der Waals surface area contributed by atoms with Gasteiger partial charge in [-0.25, -0.2) is 0 Å². The molecule has 1 saturated heterocycles. The summed E-state index contributed by atoms with van der Waals surface area (Å²) >= 11 is 0. The Kier molecular flexibility index (Phi) is 5.64. The number of amides is 1. The largest absolute Gasteiger partial charge is 0.379 e. The molecule has 0 aromatic rings. The Morgan fingerprint density at radius 2 is 2.21 bits per heavy atom. The molecule has 3 unspecified atom stereocenters. The maximum Gasteiger partial charge on any atom is 0.237 e. The summed E-state index contributed by atoms with van der Waals surface area (Å²) in [5.41, 5.74) is 0. The van der Waals surface area contributed by atoms with Crippen LogP contribution < -0.4 is 10.6 Å². The van der Waals surface area contributed by atoms with Gasteiger partial charge in [0.1, 0.15) is 0 Å². The van der Waals surface area contributed by atoms with Crippen molar-refractivity contribution in [3.8, 4) is 0 Å². The Labute approximate surface area is 116 Å². The molecule has 1 heterocycles. The maximum atomic E-state index is 12.1. The average Bonchev–Trinajstić information content (AvgIpc) is 2.94. The minimum absolute atomic E-state index is 0.0689. The topological polar surface area (TPSA) is 50.4 Å². The molecule has 110 valence electrons. The SMILES string of the molecule is CC(C)OCCCCNC(=O)C1NCC2CCCC21. The number of fused-ring (bicyclic) bond motifs is 1. The zero-order chi connectivity index (χ0) is 13.7. The number of hydrogen-bond acceptors (Lipinski definition) is 3. The van der Waals surface area contributed by atoms with E-state index >= 15 is 0 Å². The van der Waals surface area contributed by atoms with Crippen LogP contribution in [0, 0.1) is 11.8 Å². The first-order valence-electron chi connectivity index (χ1n) is 7.81. The summed E-state index contributed by atoms with van der Waals surface area (Å²) < 4.78 is 5.48. The summed E-state index contributed by atoms with van der Waals surface area (Å²) in [6.45, 7) is 6.69. The fourth-order valence-corrected chi connectivity index (χ4v) is 3.34. The van der Waals surface area contributed by atoms with Crippen molar-refractivity contribution >= 4 is 5.91 Å². The van der Waals surface area contributed by atoms with Gasteiger partial charge in [0.15, 0.2) is 0 Å². The summed E-state index contributed by atoms with van der Waals surface area (Å²) in [4.78, 5) is 12.1. The van der Waals surface area contributed by atoms with Gasteiger partial charge in [-0.1, -0.05) is 6.42 Å². The van der Waals surface area contributed by atoms with Gasteiger partial charge in [0.2, 0.25) is 5.91 Å². The number of unbranched alkanes of at least 4 members (excludes halogenated alkanes) is 1. The molecule has 4 nitrogen and oxygen atoms in total. The van der Waals surface area contributed by atoms with Crippen molar-refractivity contribution < 1.29 is 9.53 Å². The molecule has 0 aromatic heterocycles. The van der Waals surface area contributed by atoms with Gasteiger partial charge in [-0.05, 0) is 57.9 Å². The van der Waals surface area contributed by atoms with E-state index in [0.29, 0.717) is 12.0 Å². The highest BCUT2D eigenvalue weighted by Crippen LogP contribution is 2.37. The van der Waals surface area contributed by atoms with Crippen molar-refractivity contribution in [3.05, 3.63) is 0 Å². The van der Waals surface area contributed by atoms with Crippen molar-refractivity contribution in [1.29, 1.82) is 0 Å². The zero-order valence-electron chi connectivity index (χ0n) is 12.3. The number of carbonyl (C=O) groups is 1. The van der Waals surface area contributed by atoms with Crippen LogP contribution in [0.1, 0.15) is 46.0 Å². The fourth-order valence-electron chi connectivity index (χ4n) is 3.34. The minimum atomic E-state index is 0.0689. The van der Waals surface area contributed by atoms with Gasteiger partial charge in [0.05, 0.1) is 12.1 Å². The highest BCUT2D eigenvalue weighted by molar-refractivity contribution is 5.82. The van der Waals surface area contributed by atoms with Crippen LogP contribution in [0.3, 0.4) is 0 Å². The van der Waals surface area contributed by atoms with Crippen molar-refractivity contribution in [2.24, 2.45) is 11.8 Å². The first-order chi connectivity index (χ1) is 9.18. The van der Waals surface area contributed by atoms with Gasteiger partial charge < -0.3 is 15.4 Å². The monoisotopic (exact) mass is 268 g/mol. The average molecular weight is 268 g/mol. The Bertz CT molecular complexity index is 294. The Hall–Kier alpha value is -0.610. The van der Waals surface area contributed by atoms with E-state index in [-0.39, 0.29) is 11.9 Å². The Morgan fingerprint density at radius 3 is 3.00 bits per heavy atom. The second-order valence-corrected chi connectivity index (χ2v) is 6.16. The third-order valence-corrected chi connectivity index (χ3v) is 4.35. The third kappa shape index (κ3) is 4.18. The molecule has 1 amide bonds. The van der Waals surface area contributed by atoms with E-state index in [1.807, 2.05) is 13.8 Å². The molecule has 2 fully saturated rings. The van der Waals surface area contributed by atoms with Crippen LogP contribution >= 0.6 is 0 Å². The zero-order valence-corrected chi connectivity index (χ0v) is 12.3. The van der Waals surface area contributed by atoms with Gasteiger partial charge in [0.25, 0.3) is 0 Å². The highest BCUT2D eigenvalue weighted by Gasteiger charge is 2.42. The third-order valence-electron chi connectivity index (χ3n) is 4.35. The smallest absolute Gasteiger partial charge is 0.237 e. The second-order valence-electron chi connectivity index (χ2n) is 6.16. The number of nitrogens with one attached hydrogen (secondary N) is 2. The lowest BCUT2D eigenvalue weighted by atomic mass is 9.93. The lowest BCUT2D eigenvalue weighted by Gasteiger charge is -2.17. The molecular weight excluding hydrogens is 240 g/mol. The number of hydrogen-bond donors (Lipinski definition) is 2. The molecule has 0 bridgehead atoms. The van der Waals surface area contributed by atoms with Crippen LogP contribution in [0.5, 0.6) is 0 Å². The molecule has 1 aliphatic carbocycles. The van der Waals surface area contributed by atoms with E-state index in [4.69, 9.17) is 4.74 Å². The minimum Gasteiger partial charge on any atom is -0.379 e. The predicted octanol–water partition coefficient (Wildman–Crippen LogP) is 1.70. The summed E-state index contributed by atoms with van der Waals surface area (Å²) in [7, 11) is 0. The Morgan fingerprint density at radius 1 is 1.37 bits per heavy atom. The van der Waals surface area contributed by atoms with Gasteiger partial charge in [-0.2, -0.15) is 0 Å². The molecule has 1 aliphatic heterocycles. The molecule has 4 heteroatoms. The Balaban J connectivity index is 1.57. The molecule has 2 rings (SSSR count). The van der Waals surface area contributed by atoms with Gasteiger partial charge in [-0.15, -0.1) is 0 Å². The van der Waals surface area contributed by atoms with E-state index in [9.17, 15) is 4.79 Å².